The van der Waals surface area contributed by atoms with E-state index in [2.05, 4.69) is 20.5 Å². The van der Waals surface area contributed by atoms with Crippen LogP contribution < -0.4 is 11.0 Å². The number of para-hydroxylation sites is 1. The number of H-pyrrole nitrogens is 1. The van der Waals surface area contributed by atoms with E-state index in [9.17, 15) is 14.7 Å². The fourth-order valence-electron chi connectivity index (χ4n) is 2.15. The second-order valence-electron chi connectivity index (χ2n) is 5.12. The normalized spacial score (nSPS) is 11.5. The molecule has 0 saturated carbocycles. The van der Waals surface area contributed by atoms with Crippen LogP contribution in [0, 0.1) is 0 Å². The summed E-state index contributed by atoms with van der Waals surface area (Å²) in [6.45, 7) is 1.71. The summed E-state index contributed by atoms with van der Waals surface area (Å²) in [5.74, 6) is -0.578. The Hall–Kier alpha value is -3.48. The highest BCUT2D eigenvalue weighted by atomic mass is 16.3. The third-order valence-electron chi connectivity index (χ3n) is 3.44. The molecule has 24 heavy (non-hydrogen) atoms. The first-order valence-electron chi connectivity index (χ1n) is 7.17. The summed E-state index contributed by atoms with van der Waals surface area (Å²) in [5, 5.41) is 13.7. The largest absolute Gasteiger partial charge is 0.508 e. The standard InChI is InChI=1S/C17H14N4O3/c1-10(11-6-8-12(22)9-7-11)20-21-17(24)15-18-14-5-3-2-4-13(14)16(23)19-15/h2-9,22H,1H3,(H,21,24)(H,18,19,23)/b20-10+. The van der Waals surface area contributed by atoms with E-state index in [1.54, 1.807) is 43.3 Å². The highest BCUT2D eigenvalue weighted by molar-refractivity contribution is 6.00. The molecular weight excluding hydrogens is 308 g/mol. The lowest BCUT2D eigenvalue weighted by atomic mass is 10.1. The molecule has 7 nitrogen and oxygen atoms in total. The first-order chi connectivity index (χ1) is 11.5. The summed E-state index contributed by atoms with van der Waals surface area (Å²) in [6.07, 6.45) is 0. The minimum atomic E-state index is -0.615. The SMILES string of the molecule is C/C(=N\NC(=O)c1nc2ccccc2c(=O)[nH]1)c1ccc(O)cc1. The van der Waals surface area contributed by atoms with Crippen LogP contribution in [0.3, 0.4) is 0 Å². The van der Waals surface area contributed by atoms with Gasteiger partial charge in [-0.1, -0.05) is 12.1 Å². The molecule has 0 aliphatic carbocycles. The average Bonchev–Trinajstić information content (AvgIpc) is 2.60. The number of hydrogen-bond acceptors (Lipinski definition) is 5. The van der Waals surface area contributed by atoms with E-state index >= 15 is 0 Å². The minimum absolute atomic E-state index is 0.110. The van der Waals surface area contributed by atoms with E-state index in [1.165, 1.54) is 12.1 Å². The molecule has 3 N–H and O–H groups in total. The number of rotatable bonds is 3. The summed E-state index contributed by atoms with van der Waals surface area (Å²) < 4.78 is 0. The molecule has 3 rings (SSSR count). The number of aromatic hydroxyl groups is 1. The summed E-state index contributed by atoms with van der Waals surface area (Å²) in [4.78, 5) is 30.7. The number of hydrogen-bond donors (Lipinski definition) is 3. The van der Waals surface area contributed by atoms with Gasteiger partial charge in [-0.3, -0.25) is 9.59 Å². The van der Waals surface area contributed by atoms with Crippen LogP contribution in [0.5, 0.6) is 5.75 Å². The van der Waals surface area contributed by atoms with Crippen molar-refractivity contribution >= 4 is 22.5 Å². The number of carbonyl (C=O) groups is 1. The molecule has 0 spiro atoms. The van der Waals surface area contributed by atoms with E-state index < -0.39 is 5.91 Å². The fourth-order valence-corrected chi connectivity index (χ4v) is 2.15. The van der Waals surface area contributed by atoms with Crippen molar-refractivity contribution in [1.29, 1.82) is 0 Å². The van der Waals surface area contributed by atoms with Gasteiger partial charge in [-0.25, -0.2) is 10.4 Å². The van der Waals surface area contributed by atoms with Gasteiger partial charge in [-0.2, -0.15) is 5.10 Å². The van der Waals surface area contributed by atoms with Crippen molar-refractivity contribution in [2.24, 2.45) is 5.10 Å². The van der Waals surface area contributed by atoms with Crippen LogP contribution in [0.15, 0.2) is 58.4 Å². The van der Waals surface area contributed by atoms with Gasteiger partial charge < -0.3 is 10.1 Å². The zero-order chi connectivity index (χ0) is 17.1. The van der Waals surface area contributed by atoms with E-state index in [0.717, 1.165) is 5.56 Å². The lowest BCUT2D eigenvalue weighted by Crippen LogP contribution is -2.25. The molecule has 0 bridgehead atoms. The fraction of sp³-hybridized carbons (Fsp3) is 0.0588. The molecule has 0 atom stereocenters. The van der Waals surface area contributed by atoms with Crippen LogP contribution in [0.2, 0.25) is 0 Å². The molecule has 0 saturated heterocycles. The maximum absolute atomic E-state index is 12.1. The Labute approximate surface area is 136 Å². The van der Waals surface area contributed by atoms with Gasteiger partial charge in [-0.05, 0) is 48.9 Å². The number of nitrogens with one attached hydrogen (secondary N) is 2. The maximum Gasteiger partial charge on any atom is 0.307 e. The molecule has 1 amide bonds. The Morgan fingerprint density at radius 3 is 2.62 bits per heavy atom. The Bertz CT molecular complexity index is 991. The summed E-state index contributed by atoms with van der Waals surface area (Å²) in [6, 6.07) is 13.2. The molecule has 120 valence electrons. The molecule has 3 aromatic rings. The van der Waals surface area contributed by atoms with Gasteiger partial charge in [0, 0.05) is 0 Å². The van der Waals surface area contributed by atoms with Crippen molar-refractivity contribution in [2.45, 2.75) is 6.92 Å². The molecule has 0 aliphatic heterocycles. The third kappa shape index (κ3) is 3.14. The Morgan fingerprint density at radius 1 is 1.17 bits per heavy atom. The smallest absolute Gasteiger partial charge is 0.307 e. The molecule has 2 aromatic carbocycles. The summed E-state index contributed by atoms with van der Waals surface area (Å²) >= 11 is 0. The lowest BCUT2D eigenvalue weighted by molar-refractivity contribution is 0.0944. The number of phenolic OH excluding ortho intramolecular Hbond substituents is 1. The molecule has 0 fully saturated rings. The molecular formula is C17H14N4O3. The van der Waals surface area contributed by atoms with Crippen molar-refractivity contribution in [3.8, 4) is 5.75 Å². The number of aromatic amines is 1. The van der Waals surface area contributed by atoms with E-state index in [1.807, 2.05) is 0 Å². The van der Waals surface area contributed by atoms with Crippen LogP contribution in [0.25, 0.3) is 10.9 Å². The zero-order valence-corrected chi connectivity index (χ0v) is 12.8. The summed E-state index contributed by atoms with van der Waals surface area (Å²) in [7, 11) is 0. The molecule has 1 aromatic heterocycles. The van der Waals surface area contributed by atoms with Crippen molar-refractivity contribution < 1.29 is 9.90 Å². The maximum atomic E-state index is 12.1. The van der Waals surface area contributed by atoms with Crippen molar-refractivity contribution in [3.63, 3.8) is 0 Å². The number of fused-ring (bicyclic) bond motifs is 1. The average molecular weight is 322 g/mol. The van der Waals surface area contributed by atoms with Crippen LogP contribution in [0.4, 0.5) is 0 Å². The second-order valence-corrected chi connectivity index (χ2v) is 5.12. The van der Waals surface area contributed by atoms with Crippen molar-refractivity contribution in [1.82, 2.24) is 15.4 Å². The molecule has 0 radical (unpaired) electrons. The van der Waals surface area contributed by atoms with Gasteiger partial charge in [0.25, 0.3) is 5.56 Å². The van der Waals surface area contributed by atoms with Gasteiger partial charge in [0.15, 0.2) is 0 Å². The number of phenols is 1. The third-order valence-corrected chi connectivity index (χ3v) is 3.44. The molecule has 0 aliphatic rings. The van der Waals surface area contributed by atoms with Crippen molar-refractivity contribution in [3.05, 3.63) is 70.3 Å². The van der Waals surface area contributed by atoms with Crippen LogP contribution in [-0.4, -0.2) is 26.7 Å². The molecule has 0 unspecified atom stereocenters. The number of hydrazone groups is 1. The van der Waals surface area contributed by atoms with E-state index in [-0.39, 0.29) is 17.1 Å². The minimum Gasteiger partial charge on any atom is -0.508 e. The van der Waals surface area contributed by atoms with Gasteiger partial charge >= 0.3 is 5.91 Å². The van der Waals surface area contributed by atoms with Crippen LogP contribution >= 0.6 is 0 Å². The lowest BCUT2D eigenvalue weighted by Gasteiger charge is -2.04. The van der Waals surface area contributed by atoms with Gasteiger partial charge in [-0.15, -0.1) is 0 Å². The number of nitrogens with zero attached hydrogens (tertiary/aromatic N) is 2. The van der Waals surface area contributed by atoms with E-state index in [4.69, 9.17) is 0 Å². The Kier molecular flexibility index (Phi) is 4.07. The number of amides is 1. The first kappa shape index (κ1) is 15.4. The molecule has 1 heterocycles. The highest BCUT2D eigenvalue weighted by Gasteiger charge is 2.10. The predicted molar refractivity (Wildman–Crippen MR) is 90.1 cm³/mol. The second kappa shape index (κ2) is 6.33. The quantitative estimate of drug-likeness (QED) is 0.504. The zero-order valence-electron chi connectivity index (χ0n) is 12.8. The first-order valence-corrected chi connectivity index (χ1v) is 7.17. The van der Waals surface area contributed by atoms with Gasteiger partial charge in [0.05, 0.1) is 16.6 Å². The predicted octanol–water partition coefficient (Wildman–Crippen LogP) is 1.78. The highest BCUT2D eigenvalue weighted by Crippen LogP contribution is 2.10. The van der Waals surface area contributed by atoms with Gasteiger partial charge in [0.1, 0.15) is 5.75 Å². The summed E-state index contributed by atoms with van der Waals surface area (Å²) in [5.41, 5.74) is 3.70. The Balaban J connectivity index is 1.83. The topological polar surface area (TPSA) is 107 Å². The molecule has 7 heteroatoms. The van der Waals surface area contributed by atoms with Gasteiger partial charge in [0.2, 0.25) is 5.82 Å². The van der Waals surface area contributed by atoms with Crippen LogP contribution in [0.1, 0.15) is 23.1 Å². The number of aromatic nitrogens is 2. The monoisotopic (exact) mass is 322 g/mol. The van der Waals surface area contributed by atoms with Crippen molar-refractivity contribution in [2.75, 3.05) is 0 Å². The van der Waals surface area contributed by atoms with Crippen LogP contribution in [-0.2, 0) is 0 Å². The Morgan fingerprint density at radius 2 is 1.88 bits per heavy atom. The van der Waals surface area contributed by atoms with E-state index in [0.29, 0.717) is 16.6 Å². The number of carbonyl (C=O) groups excluding carboxylic acids is 1. The number of benzene rings is 2.